The quantitative estimate of drug-likeness (QED) is 0.853. The molecule has 1 atom stereocenters. The van der Waals surface area contributed by atoms with Gasteiger partial charge < -0.3 is 10.1 Å². The van der Waals surface area contributed by atoms with Crippen molar-refractivity contribution in [1.82, 2.24) is 5.32 Å². The first-order valence-electron chi connectivity index (χ1n) is 8.04. The largest absolute Gasteiger partial charge is 0.487 e. The second-order valence-corrected chi connectivity index (χ2v) is 7.27. The van der Waals surface area contributed by atoms with E-state index in [1.165, 1.54) is 6.42 Å². The molecule has 1 aliphatic carbocycles. The molecule has 4 heteroatoms. The summed E-state index contributed by atoms with van der Waals surface area (Å²) in [6.45, 7) is 0. The van der Waals surface area contributed by atoms with Crippen LogP contribution in [0, 0.1) is 0 Å². The number of fused-ring (bicyclic) bond motifs is 1. The lowest BCUT2D eigenvalue weighted by molar-refractivity contribution is -0.118. The highest BCUT2D eigenvalue weighted by Gasteiger charge is 2.45. The number of hydrogen-bond acceptors (Lipinski definition) is 3. The topological polar surface area (TPSA) is 38.3 Å². The number of amides is 1. The van der Waals surface area contributed by atoms with E-state index in [9.17, 15) is 4.79 Å². The number of ether oxygens (including phenoxy) is 1. The number of carbonyl (C=O) groups is 1. The first-order chi connectivity index (χ1) is 11.2. The lowest BCUT2D eigenvalue weighted by atomic mass is 9.73. The first-order valence-corrected chi connectivity index (χ1v) is 8.92. The molecule has 1 aliphatic heterocycles. The molecule has 2 heterocycles. The van der Waals surface area contributed by atoms with Crippen molar-refractivity contribution in [3.8, 4) is 5.75 Å². The Kier molecular flexibility index (Phi) is 3.69. The van der Waals surface area contributed by atoms with Crippen LogP contribution in [-0.4, -0.2) is 11.5 Å². The van der Waals surface area contributed by atoms with E-state index in [-0.39, 0.29) is 17.6 Å². The van der Waals surface area contributed by atoms with Gasteiger partial charge in [0, 0.05) is 22.9 Å². The van der Waals surface area contributed by atoms with Gasteiger partial charge in [-0.25, -0.2) is 0 Å². The van der Waals surface area contributed by atoms with Crippen LogP contribution in [0.15, 0.2) is 47.9 Å². The maximum Gasteiger partial charge on any atom is 0.244 e. The van der Waals surface area contributed by atoms with Crippen molar-refractivity contribution in [2.45, 2.75) is 37.3 Å². The fourth-order valence-corrected chi connectivity index (χ4v) is 4.01. The van der Waals surface area contributed by atoms with Crippen LogP contribution in [0.25, 0.3) is 6.08 Å². The summed E-state index contributed by atoms with van der Waals surface area (Å²) in [7, 11) is 0. The van der Waals surface area contributed by atoms with Crippen LogP contribution < -0.4 is 10.1 Å². The molecule has 1 saturated carbocycles. The van der Waals surface area contributed by atoms with E-state index in [1.54, 1.807) is 17.4 Å². The van der Waals surface area contributed by atoms with Crippen molar-refractivity contribution in [1.29, 1.82) is 0 Å². The molecule has 2 aromatic rings. The molecule has 1 unspecified atom stereocenters. The van der Waals surface area contributed by atoms with E-state index in [0.29, 0.717) is 0 Å². The van der Waals surface area contributed by atoms with E-state index >= 15 is 0 Å². The summed E-state index contributed by atoms with van der Waals surface area (Å²) in [5.41, 5.74) is 1.02. The van der Waals surface area contributed by atoms with Gasteiger partial charge in [0.05, 0.1) is 6.04 Å². The lowest BCUT2D eigenvalue weighted by Crippen LogP contribution is -2.49. The van der Waals surface area contributed by atoms with Gasteiger partial charge in [0.25, 0.3) is 0 Å². The molecule has 2 aliphatic rings. The molecule has 23 heavy (non-hydrogen) atoms. The Morgan fingerprint density at radius 3 is 2.87 bits per heavy atom. The van der Waals surface area contributed by atoms with Gasteiger partial charge in [-0.15, -0.1) is 11.3 Å². The Hall–Kier alpha value is -2.07. The number of hydrogen-bond donors (Lipinski definition) is 1. The van der Waals surface area contributed by atoms with Crippen molar-refractivity contribution in [3.05, 3.63) is 58.3 Å². The fraction of sp³-hybridized carbons (Fsp3) is 0.316. The van der Waals surface area contributed by atoms with Gasteiger partial charge in [0.2, 0.25) is 5.91 Å². The van der Waals surface area contributed by atoms with Crippen LogP contribution >= 0.6 is 11.3 Å². The maximum atomic E-state index is 12.3. The smallest absolute Gasteiger partial charge is 0.244 e. The van der Waals surface area contributed by atoms with Crippen molar-refractivity contribution in [2.24, 2.45) is 0 Å². The maximum absolute atomic E-state index is 12.3. The van der Waals surface area contributed by atoms with E-state index in [2.05, 4.69) is 11.4 Å². The summed E-state index contributed by atoms with van der Waals surface area (Å²) in [5.74, 6) is 0.876. The fourth-order valence-electron chi connectivity index (χ4n) is 3.39. The molecule has 1 aromatic heterocycles. The van der Waals surface area contributed by atoms with Gasteiger partial charge in [0.15, 0.2) is 0 Å². The predicted octanol–water partition coefficient (Wildman–Crippen LogP) is 4.32. The summed E-state index contributed by atoms with van der Waals surface area (Å²) in [6.07, 6.45) is 7.73. The van der Waals surface area contributed by atoms with Crippen LogP contribution in [0.1, 0.15) is 42.2 Å². The zero-order valence-corrected chi connectivity index (χ0v) is 13.6. The number of nitrogens with one attached hydrogen (secondary N) is 1. The number of thiophene rings is 1. The molecule has 1 aromatic carbocycles. The van der Waals surface area contributed by atoms with Crippen LogP contribution in [0.3, 0.4) is 0 Å². The van der Waals surface area contributed by atoms with Gasteiger partial charge in [-0.05, 0) is 42.9 Å². The number of para-hydroxylation sites is 1. The van der Waals surface area contributed by atoms with Crippen molar-refractivity contribution >= 4 is 23.3 Å². The molecule has 4 rings (SSSR count). The Bertz CT molecular complexity index is 732. The molecule has 1 spiro atoms. The molecule has 3 nitrogen and oxygen atoms in total. The summed E-state index contributed by atoms with van der Waals surface area (Å²) in [6, 6.07) is 12.1. The Balaban J connectivity index is 1.52. The number of carbonyl (C=O) groups excluding carboxylic acids is 1. The van der Waals surface area contributed by atoms with Gasteiger partial charge in [-0.1, -0.05) is 24.3 Å². The highest BCUT2D eigenvalue weighted by molar-refractivity contribution is 7.10. The van der Waals surface area contributed by atoms with Crippen molar-refractivity contribution in [2.75, 3.05) is 0 Å². The second-order valence-electron chi connectivity index (χ2n) is 6.29. The minimum atomic E-state index is -0.0657. The number of benzene rings is 1. The third-order valence-electron chi connectivity index (χ3n) is 4.72. The predicted molar refractivity (Wildman–Crippen MR) is 92.5 cm³/mol. The molecule has 0 saturated heterocycles. The SMILES string of the molecule is O=C(/C=C/c1cccs1)NC1CC2(CCC2)Oc2ccccc21. The normalized spacial score (nSPS) is 21.5. The van der Waals surface area contributed by atoms with Gasteiger partial charge in [-0.3, -0.25) is 4.79 Å². The van der Waals surface area contributed by atoms with Crippen LogP contribution in [0.5, 0.6) is 5.75 Å². The molecular formula is C19H19NO2S. The second kappa shape index (κ2) is 5.85. The Morgan fingerprint density at radius 1 is 1.26 bits per heavy atom. The lowest BCUT2D eigenvalue weighted by Gasteiger charge is -2.47. The van der Waals surface area contributed by atoms with Crippen molar-refractivity contribution < 1.29 is 9.53 Å². The van der Waals surface area contributed by atoms with Crippen molar-refractivity contribution in [3.63, 3.8) is 0 Å². The molecule has 0 radical (unpaired) electrons. The zero-order chi connectivity index (χ0) is 15.7. The van der Waals surface area contributed by atoms with Crippen LogP contribution in [0.4, 0.5) is 0 Å². The minimum Gasteiger partial charge on any atom is -0.487 e. The highest BCUT2D eigenvalue weighted by Crippen LogP contribution is 2.48. The molecule has 0 bridgehead atoms. The monoisotopic (exact) mass is 325 g/mol. The van der Waals surface area contributed by atoms with E-state index < -0.39 is 0 Å². The molecular weight excluding hydrogens is 306 g/mol. The molecule has 1 fully saturated rings. The molecule has 1 N–H and O–H groups in total. The standard InChI is InChI=1S/C19H19NO2S/c21-18(9-8-14-5-3-12-23-14)20-16-13-19(10-4-11-19)22-17-7-2-1-6-15(16)17/h1-3,5-9,12,16H,4,10-11,13H2,(H,20,21)/b9-8+. The minimum absolute atomic E-state index is 0.0285. The van der Waals surface area contributed by atoms with Gasteiger partial charge in [-0.2, -0.15) is 0 Å². The Labute approximate surface area is 140 Å². The average molecular weight is 325 g/mol. The first kappa shape index (κ1) is 14.5. The van der Waals surface area contributed by atoms with E-state index in [1.807, 2.05) is 41.8 Å². The molecule has 1 amide bonds. The van der Waals surface area contributed by atoms with Crippen LogP contribution in [0.2, 0.25) is 0 Å². The van der Waals surface area contributed by atoms with E-state index in [0.717, 1.165) is 35.5 Å². The third kappa shape index (κ3) is 2.91. The Morgan fingerprint density at radius 2 is 2.13 bits per heavy atom. The summed E-state index contributed by atoms with van der Waals surface area (Å²) in [5, 5.41) is 5.17. The van der Waals surface area contributed by atoms with E-state index in [4.69, 9.17) is 4.74 Å². The number of rotatable bonds is 3. The summed E-state index contributed by atoms with van der Waals surface area (Å²) >= 11 is 1.63. The summed E-state index contributed by atoms with van der Waals surface area (Å²) < 4.78 is 6.22. The summed E-state index contributed by atoms with van der Waals surface area (Å²) in [4.78, 5) is 13.4. The highest BCUT2D eigenvalue weighted by atomic mass is 32.1. The van der Waals surface area contributed by atoms with Gasteiger partial charge in [0.1, 0.15) is 11.4 Å². The zero-order valence-electron chi connectivity index (χ0n) is 12.8. The van der Waals surface area contributed by atoms with Gasteiger partial charge >= 0.3 is 0 Å². The van der Waals surface area contributed by atoms with Crippen LogP contribution in [-0.2, 0) is 4.79 Å². The third-order valence-corrected chi connectivity index (χ3v) is 5.56. The average Bonchev–Trinajstić information content (AvgIpc) is 3.05. The molecule has 118 valence electrons.